The normalized spacial score (nSPS) is 12.9. The summed E-state index contributed by atoms with van der Waals surface area (Å²) in [7, 11) is 0. The number of halogens is 1. The van der Waals surface area contributed by atoms with Crippen molar-refractivity contribution in [1.82, 2.24) is 0 Å². The van der Waals surface area contributed by atoms with E-state index in [1.807, 2.05) is 25.1 Å². The highest BCUT2D eigenvalue weighted by Crippen LogP contribution is 2.23. The van der Waals surface area contributed by atoms with Gasteiger partial charge in [-0.2, -0.15) is 0 Å². The molecule has 0 fully saturated rings. The van der Waals surface area contributed by atoms with Crippen LogP contribution in [0.1, 0.15) is 23.7 Å². The Bertz CT molecular complexity index is 288. The molecule has 0 unspecified atom stereocenters. The van der Waals surface area contributed by atoms with Gasteiger partial charge in [-0.3, -0.25) is 0 Å². The second kappa shape index (κ2) is 4.74. The van der Waals surface area contributed by atoms with Crippen molar-refractivity contribution in [3.05, 3.63) is 33.8 Å². The molecule has 3 heteroatoms. The Hall–Kier alpha value is -0.380. The fourth-order valence-electron chi connectivity index (χ4n) is 1.33. The van der Waals surface area contributed by atoms with Crippen LogP contribution in [0.4, 0.5) is 0 Å². The lowest BCUT2D eigenvalue weighted by Crippen LogP contribution is -2.07. The third-order valence-corrected chi connectivity index (χ3v) is 2.52. The molecule has 13 heavy (non-hydrogen) atoms. The summed E-state index contributed by atoms with van der Waals surface area (Å²) in [4.78, 5) is 0. The van der Waals surface area contributed by atoms with E-state index in [9.17, 15) is 5.11 Å². The van der Waals surface area contributed by atoms with Crippen LogP contribution >= 0.6 is 15.9 Å². The number of hydrogen-bond acceptors (Lipinski definition) is 2. The minimum absolute atomic E-state index is 0.432. The SMILES string of the molecule is Cc1cc(Br)ccc1[C@@H](O)CCN. The second-order valence-corrected chi connectivity index (χ2v) is 4.01. The fourth-order valence-corrected chi connectivity index (χ4v) is 1.80. The lowest BCUT2D eigenvalue weighted by atomic mass is 10.0. The highest BCUT2D eigenvalue weighted by Gasteiger charge is 2.08. The number of benzene rings is 1. The number of hydrogen-bond donors (Lipinski definition) is 2. The van der Waals surface area contributed by atoms with Crippen LogP contribution in [0.3, 0.4) is 0 Å². The standard InChI is InChI=1S/C10H14BrNO/c1-7-6-8(11)2-3-9(7)10(13)4-5-12/h2-3,6,10,13H,4-5,12H2,1H3/t10-/m0/s1. The van der Waals surface area contributed by atoms with Gasteiger partial charge in [0, 0.05) is 4.47 Å². The van der Waals surface area contributed by atoms with E-state index in [-0.39, 0.29) is 0 Å². The van der Waals surface area contributed by atoms with Crippen LogP contribution in [0.5, 0.6) is 0 Å². The topological polar surface area (TPSA) is 46.2 Å². The van der Waals surface area contributed by atoms with Gasteiger partial charge in [-0.05, 0) is 43.1 Å². The zero-order valence-corrected chi connectivity index (χ0v) is 9.21. The van der Waals surface area contributed by atoms with Gasteiger partial charge >= 0.3 is 0 Å². The highest BCUT2D eigenvalue weighted by molar-refractivity contribution is 9.10. The van der Waals surface area contributed by atoms with E-state index in [1.54, 1.807) is 0 Å². The average Bonchev–Trinajstić information content (AvgIpc) is 2.04. The number of aryl methyl sites for hydroxylation is 1. The maximum atomic E-state index is 9.70. The van der Waals surface area contributed by atoms with Crippen LogP contribution in [0.15, 0.2) is 22.7 Å². The summed E-state index contributed by atoms with van der Waals surface area (Å²) >= 11 is 3.38. The van der Waals surface area contributed by atoms with Gasteiger partial charge < -0.3 is 10.8 Å². The fraction of sp³-hybridized carbons (Fsp3) is 0.400. The molecule has 72 valence electrons. The van der Waals surface area contributed by atoms with Crippen LogP contribution in [-0.4, -0.2) is 11.7 Å². The van der Waals surface area contributed by atoms with Gasteiger partial charge in [-0.25, -0.2) is 0 Å². The number of aliphatic hydroxyl groups is 1. The van der Waals surface area contributed by atoms with E-state index < -0.39 is 6.10 Å². The average molecular weight is 244 g/mol. The first kappa shape index (κ1) is 10.7. The first-order valence-corrected chi connectivity index (χ1v) is 5.08. The number of nitrogens with two attached hydrogens (primary N) is 1. The Morgan fingerprint density at radius 2 is 2.23 bits per heavy atom. The monoisotopic (exact) mass is 243 g/mol. The first-order chi connectivity index (χ1) is 6.15. The summed E-state index contributed by atoms with van der Waals surface area (Å²) in [6.45, 7) is 2.50. The van der Waals surface area contributed by atoms with Gasteiger partial charge in [0.05, 0.1) is 6.10 Å². The molecule has 0 heterocycles. The quantitative estimate of drug-likeness (QED) is 0.855. The summed E-state index contributed by atoms with van der Waals surface area (Å²) in [5.41, 5.74) is 7.44. The van der Waals surface area contributed by atoms with Gasteiger partial charge in [-0.1, -0.05) is 22.0 Å². The minimum Gasteiger partial charge on any atom is -0.388 e. The Morgan fingerprint density at radius 1 is 1.54 bits per heavy atom. The molecule has 0 aliphatic heterocycles. The van der Waals surface area contributed by atoms with Gasteiger partial charge in [0.2, 0.25) is 0 Å². The lowest BCUT2D eigenvalue weighted by Gasteiger charge is -2.12. The molecule has 0 radical (unpaired) electrons. The summed E-state index contributed by atoms with van der Waals surface area (Å²) in [6, 6.07) is 5.86. The van der Waals surface area contributed by atoms with Crippen molar-refractivity contribution in [2.75, 3.05) is 6.54 Å². The molecule has 0 aromatic heterocycles. The van der Waals surface area contributed by atoms with Crippen molar-refractivity contribution in [3.63, 3.8) is 0 Å². The third-order valence-electron chi connectivity index (χ3n) is 2.03. The molecule has 2 nitrogen and oxygen atoms in total. The second-order valence-electron chi connectivity index (χ2n) is 3.09. The third kappa shape index (κ3) is 2.79. The number of rotatable bonds is 3. The summed E-state index contributed by atoms with van der Waals surface area (Å²) in [5.74, 6) is 0. The van der Waals surface area contributed by atoms with E-state index in [0.717, 1.165) is 15.6 Å². The highest BCUT2D eigenvalue weighted by atomic mass is 79.9. The summed E-state index contributed by atoms with van der Waals surface area (Å²) in [6.07, 6.45) is 0.181. The Kier molecular flexibility index (Phi) is 3.90. The van der Waals surface area contributed by atoms with E-state index >= 15 is 0 Å². The summed E-state index contributed by atoms with van der Waals surface area (Å²) in [5, 5.41) is 9.70. The smallest absolute Gasteiger partial charge is 0.0804 e. The molecule has 0 saturated carbocycles. The Morgan fingerprint density at radius 3 is 2.77 bits per heavy atom. The Labute approximate surface area is 86.9 Å². The van der Waals surface area contributed by atoms with Crippen molar-refractivity contribution in [2.45, 2.75) is 19.4 Å². The zero-order valence-electron chi connectivity index (χ0n) is 7.63. The molecule has 3 N–H and O–H groups in total. The van der Waals surface area contributed by atoms with E-state index in [0.29, 0.717) is 13.0 Å². The van der Waals surface area contributed by atoms with Crippen molar-refractivity contribution < 1.29 is 5.11 Å². The first-order valence-electron chi connectivity index (χ1n) is 4.29. The molecule has 0 bridgehead atoms. The van der Waals surface area contributed by atoms with Crippen LogP contribution in [0.25, 0.3) is 0 Å². The molecule has 1 atom stereocenters. The van der Waals surface area contributed by atoms with E-state index in [4.69, 9.17) is 5.73 Å². The van der Waals surface area contributed by atoms with Crippen LogP contribution in [0.2, 0.25) is 0 Å². The molecule has 1 aromatic carbocycles. The van der Waals surface area contributed by atoms with Crippen LogP contribution in [-0.2, 0) is 0 Å². The van der Waals surface area contributed by atoms with Gasteiger partial charge in [0.25, 0.3) is 0 Å². The molecular weight excluding hydrogens is 230 g/mol. The predicted octanol–water partition coefficient (Wildman–Crippen LogP) is 2.14. The van der Waals surface area contributed by atoms with Crippen LogP contribution in [0, 0.1) is 6.92 Å². The van der Waals surface area contributed by atoms with Crippen molar-refractivity contribution in [2.24, 2.45) is 5.73 Å². The van der Waals surface area contributed by atoms with E-state index in [1.165, 1.54) is 0 Å². The van der Waals surface area contributed by atoms with Gasteiger partial charge in [0.1, 0.15) is 0 Å². The minimum atomic E-state index is -0.432. The molecular formula is C10H14BrNO. The van der Waals surface area contributed by atoms with Crippen molar-refractivity contribution in [1.29, 1.82) is 0 Å². The molecule has 0 saturated heterocycles. The molecule has 0 aliphatic rings. The maximum Gasteiger partial charge on any atom is 0.0804 e. The van der Waals surface area contributed by atoms with E-state index in [2.05, 4.69) is 15.9 Å². The molecule has 1 rings (SSSR count). The molecule has 0 aliphatic carbocycles. The molecule has 0 amide bonds. The Balaban J connectivity index is 2.88. The van der Waals surface area contributed by atoms with Crippen LogP contribution < -0.4 is 5.73 Å². The summed E-state index contributed by atoms with van der Waals surface area (Å²) < 4.78 is 1.04. The molecule has 1 aromatic rings. The molecule has 0 spiro atoms. The zero-order chi connectivity index (χ0) is 9.84. The van der Waals surface area contributed by atoms with Gasteiger partial charge in [0.15, 0.2) is 0 Å². The lowest BCUT2D eigenvalue weighted by molar-refractivity contribution is 0.169. The van der Waals surface area contributed by atoms with Gasteiger partial charge in [-0.15, -0.1) is 0 Å². The predicted molar refractivity (Wildman–Crippen MR) is 57.5 cm³/mol. The van der Waals surface area contributed by atoms with Crippen molar-refractivity contribution >= 4 is 15.9 Å². The maximum absolute atomic E-state index is 9.70. The number of aliphatic hydroxyl groups excluding tert-OH is 1. The van der Waals surface area contributed by atoms with Crippen molar-refractivity contribution in [3.8, 4) is 0 Å². The largest absolute Gasteiger partial charge is 0.388 e.